The van der Waals surface area contributed by atoms with E-state index < -0.39 is 0 Å². The minimum absolute atomic E-state index is 0.0456. The molecule has 0 aromatic heterocycles. The number of nitrogens with one attached hydrogen (secondary N) is 2. The molecule has 0 atom stereocenters. The lowest BCUT2D eigenvalue weighted by Gasteiger charge is -2.11. The van der Waals surface area contributed by atoms with E-state index in [2.05, 4.69) is 5.32 Å². The molecule has 1 heterocycles. The van der Waals surface area contributed by atoms with Crippen molar-refractivity contribution >= 4 is 17.8 Å². The predicted octanol–water partition coefficient (Wildman–Crippen LogP) is 3.15. The number of carbonyl (C=O) groups excluding carboxylic acids is 1. The summed E-state index contributed by atoms with van der Waals surface area (Å²) in [6.07, 6.45) is 1.81. The van der Waals surface area contributed by atoms with Crippen LogP contribution in [-0.4, -0.2) is 12.1 Å². The molecule has 0 spiro atoms. The summed E-state index contributed by atoms with van der Waals surface area (Å²) in [7, 11) is 0. The molecule has 2 aromatic carbocycles. The molecule has 1 aliphatic heterocycles. The first-order valence-corrected chi connectivity index (χ1v) is 6.22. The van der Waals surface area contributed by atoms with Gasteiger partial charge < -0.3 is 10.7 Å². The Hall–Kier alpha value is -2.42. The third-order valence-corrected chi connectivity index (χ3v) is 3.48. The molecule has 3 rings (SSSR count). The molecule has 2 N–H and O–H groups in total. The van der Waals surface area contributed by atoms with Gasteiger partial charge in [-0.1, -0.05) is 24.3 Å². The van der Waals surface area contributed by atoms with Gasteiger partial charge in [-0.3, -0.25) is 4.79 Å². The third kappa shape index (κ3) is 1.93. The normalized spacial score (nSPS) is 13.0. The van der Waals surface area contributed by atoms with Gasteiger partial charge in [0, 0.05) is 17.5 Å². The molecule has 0 radical (unpaired) electrons. The van der Waals surface area contributed by atoms with Crippen LogP contribution in [0.15, 0.2) is 36.4 Å². The van der Waals surface area contributed by atoms with Crippen LogP contribution in [0.25, 0.3) is 11.1 Å². The largest absolute Gasteiger partial charge is 0.326 e. The number of hydrogen-bond acceptors (Lipinski definition) is 2. The molecule has 1 amide bonds. The van der Waals surface area contributed by atoms with Crippen LogP contribution in [0.4, 0.5) is 5.69 Å². The van der Waals surface area contributed by atoms with Crippen LogP contribution in [0.3, 0.4) is 0 Å². The lowest BCUT2D eigenvalue weighted by Crippen LogP contribution is -2.03. The van der Waals surface area contributed by atoms with Crippen molar-refractivity contribution in [2.24, 2.45) is 0 Å². The maximum Gasteiger partial charge on any atom is 0.228 e. The Labute approximate surface area is 111 Å². The summed E-state index contributed by atoms with van der Waals surface area (Å²) in [5.41, 5.74) is 6.10. The van der Waals surface area contributed by atoms with Gasteiger partial charge in [-0.15, -0.1) is 0 Å². The Morgan fingerprint density at radius 2 is 2.11 bits per heavy atom. The number of hydrogen-bond donors (Lipinski definition) is 2. The van der Waals surface area contributed by atoms with E-state index in [4.69, 9.17) is 5.41 Å². The second kappa shape index (κ2) is 4.35. The fourth-order valence-electron chi connectivity index (χ4n) is 2.59. The van der Waals surface area contributed by atoms with Crippen LogP contribution >= 0.6 is 0 Å². The van der Waals surface area contributed by atoms with Gasteiger partial charge in [0.25, 0.3) is 0 Å². The summed E-state index contributed by atoms with van der Waals surface area (Å²) in [6, 6.07) is 11.9. The number of rotatable bonds is 2. The van der Waals surface area contributed by atoms with Gasteiger partial charge in [-0.05, 0) is 41.3 Å². The summed E-state index contributed by atoms with van der Waals surface area (Å²) >= 11 is 0. The van der Waals surface area contributed by atoms with E-state index in [1.54, 1.807) is 0 Å². The van der Waals surface area contributed by atoms with Gasteiger partial charge in [0.15, 0.2) is 0 Å². The average Bonchev–Trinajstić information content (AvgIpc) is 2.77. The number of aryl methyl sites for hydroxylation is 1. The van der Waals surface area contributed by atoms with E-state index in [0.717, 1.165) is 33.5 Å². The molecule has 0 unspecified atom stereocenters. The van der Waals surface area contributed by atoms with Crippen molar-refractivity contribution in [1.29, 1.82) is 5.41 Å². The molecule has 3 nitrogen and oxygen atoms in total. The summed E-state index contributed by atoms with van der Waals surface area (Å²) in [5, 5.41) is 10.4. The minimum atomic E-state index is 0.0456. The van der Waals surface area contributed by atoms with Gasteiger partial charge >= 0.3 is 0 Å². The first kappa shape index (κ1) is 11.7. The second-order valence-electron chi connectivity index (χ2n) is 4.78. The highest BCUT2D eigenvalue weighted by molar-refractivity contribution is 6.00. The third-order valence-electron chi connectivity index (χ3n) is 3.48. The standard InChI is InChI=1S/C16H14N2O/c1-10-3-2-4-12(9-17)16(10)11-5-6-14-13(7-11)8-15(19)18-14/h2-7,9,17H,8H2,1H3,(H,18,19). The van der Waals surface area contributed by atoms with Crippen LogP contribution in [-0.2, 0) is 11.2 Å². The highest BCUT2D eigenvalue weighted by atomic mass is 16.1. The molecule has 94 valence electrons. The summed E-state index contributed by atoms with van der Waals surface area (Å²) < 4.78 is 0. The first-order valence-electron chi connectivity index (χ1n) is 6.22. The molecule has 0 aliphatic carbocycles. The van der Waals surface area contributed by atoms with E-state index in [0.29, 0.717) is 6.42 Å². The zero-order valence-electron chi connectivity index (χ0n) is 10.7. The lowest BCUT2D eigenvalue weighted by atomic mass is 9.94. The summed E-state index contributed by atoms with van der Waals surface area (Å²) in [4.78, 5) is 11.4. The zero-order valence-corrected chi connectivity index (χ0v) is 10.7. The van der Waals surface area contributed by atoms with Crippen LogP contribution < -0.4 is 5.32 Å². The molecule has 0 bridgehead atoms. The highest BCUT2D eigenvalue weighted by Gasteiger charge is 2.18. The number of amides is 1. The molecule has 0 fully saturated rings. The van der Waals surface area contributed by atoms with Crippen molar-refractivity contribution in [3.05, 3.63) is 53.1 Å². The van der Waals surface area contributed by atoms with E-state index in [9.17, 15) is 4.79 Å². The summed E-state index contributed by atoms with van der Waals surface area (Å²) in [6.45, 7) is 2.04. The fourth-order valence-corrected chi connectivity index (χ4v) is 2.59. The van der Waals surface area contributed by atoms with Crippen molar-refractivity contribution in [3.63, 3.8) is 0 Å². The molecular weight excluding hydrogens is 236 g/mol. The maximum atomic E-state index is 11.4. The molecule has 3 heteroatoms. The average molecular weight is 250 g/mol. The van der Waals surface area contributed by atoms with E-state index in [1.807, 2.05) is 43.3 Å². The topological polar surface area (TPSA) is 53.0 Å². The first-order chi connectivity index (χ1) is 9.19. The summed E-state index contributed by atoms with van der Waals surface area (Å²) in [5.74, 6) is 0.0456. The van der Waals surface area contributed by atoms with Crippen LogP contribution in [0.5, 0.6) is 0 Å². The van der Waals surface area contributed by atoms with E-state index in [-0.39, 0.29) is 5.91 Å². The number of benzene rings is 2. The van der Waals surface area contributed by atoms with Gasteiger partial charge in [-0.2, -0.15) is 0 Å². The van der Waals surface area contributed by atoms with Crippen molar-refractivity contribution in [2.75, 3.05) is 5.32 Å². The smallest absolute Gasteiger partial charge is 0.228 e. The number of anilines is 1. The molecule has 1 aliphatic rings. The SMILES string of the molecule is Cc1cccc(C=N)c1-c1ccc2c(c1)CC(=O)N2. The zero-order chi connectivity index (χ0) is 13.4. The Balaban J connectivity index is 2.16. The van der Waals surface area contributed by atoms with Crippen molar-refractivity contribution in [3.8, 4) is 11.1 Å². The highest BCUT2D eigenvalue weighted by Crippen LogP contribution is 2.32. The maximum absolute atomic E-state index is 11.4. The van der Waals surface area contributed by atoms with Crippen molar-refractivity contribution < 1.29 is 4.79 Å². The van der Waals surface area contributed by atoms with Crippen molar-refractivity contribution in [1.82, 2.24) is 0 Å². The molecule has 0 saturated heterocycles. The van der Waals surface area contributed by atoms with Crippen LogP contribution in [0, 0.1) is 12.3 Å². The van der Waals surface area contributed by atoms with E-state index in [1.165, 1.54) is 6.21 Å². The minimum Gasteiger partial charge on any atom is -0.326 e. The van der Waals surface area contributed by atoms with Crippen molar-refractivity contribution in [2.45, 2.75) is 13.3 Å². The van der Waals surface area contributed by atoms with E-state index >= 15 is 0 Å². The second-order valence-corrected chi connectivity index (χ2v) is 4.78. The molecule has 0 saturated carbocycles. The number of fused-ring (bicyclic) bond motifs is 1. The predicted molar refractivity (Wildman–Crippen MR) is 76.8 cm³/mol. The quantitative estimate of drug-likeness (QED) is 0.790. The molecular formula is C16H14N2O. The Bertz CT molecular complexity index is 689. The van der Waals surface area contributed by atoms with Crippen LogP contribution in [0.2, 0.25) is 0 Å². The van der Waals surface area contributed by atoms with Gasteiger partial charge in [0.2, 0.25) is 5.91 Å². The Kier molecular flexibility index (Phi) is 2.67. The van der Waals surface area contributed by atoms with Gasteiger partial charge in [0.1, 0.15) is 0 Å². The van der Waals surface area contributed by atoms with Gasteiger partial charge in [0.05, 0.1) is 6.42 Å². The number of carbonyl (C=O) groups is 1. The molecule has 2 aromatic rings. The van der Waals surface area contributed by atoms with Gasteiger partial charge in [-0.25, -0.2) is 0 Å². The monoisotopic (exact) mass is 250 g/mol. The van der Waals surface area contributed by atoms with Crippen LogP contribution in [0.1, 0.15) is 16.7 Å². The Morgan fingerprint density at radius 3 is 2.89 bits per heavy atom. The molecule has 19 heavy (non-hydrogen) atoms. The lowest BCUT2D eigenvalue weighted by molar-refractivity contribution is -0.115. The Morgan fingerprint density at radius 1 is 1.26 bits per heavy atom. The fraction of sp³-hybridized carbons (Fsp3) is 0.125.